The van der Waals surface area contributed by atoms with Crippen LogP contribution in [-0.2, 0) is 9.53 Å². The van der Waals surface area contributed by atoms with Crippen molar-refractivity contribution in [3.8, 4) is 0 Å². The number of aryl methyl sites for hydroxylation is 2. The second kappa shape index (κ2) is 9.78. The fraction of sp³-hybridized carbons (Fsp3) is 0.318. The lowest BCUT2D eigenvalue weighted by Gasteiger charge is -2.21. The summed E-state index contributed by atoms with van der Waals surface area (Å²) in [6.07, 6.45) is 0. The third kappa shape index (κ3) is 5.50. The lowest BCUT2D eigenvalue weighted by molar-refractivity contribution is -0.385. The Morgan fingerprint density at radius 3 is 2.33 bits per heavy atom. The Bertz CT molecular complexity index is 983. The van der Waals surface area contributed by atoms with Crippen LogP contribution >= 0.6 is 0 Å². The first-order valence-electron chi connectivity index (χ1n) is 9.43. The van der Waals surface area contributed by atoms with Crippen LogP contribution in [0.4, 0.5) is 5.69 Å². The average molecular weight is 412 g/mol. The number of ketones is 1. The summed E-state index contributed by atoms with van der Waals surface area (Å²) in [5, 5.41) is 13.7. The molecule has 0 bridgehead atoms. The maximum absolute atomic E-state index is 12.5. The van der Waals surface area contributed by atoms with Gasteiger partial charge in [0.2, 0.25) is 5.78 Å². The van der Waals surface area contributed by atoms with E-state index in [0.717, 1.165) is 11.6 Å². The number of hydrogen-bond acceptors (Lipinski definition) is 6. The lowest BCUT2D eigenvalue weighted by Crippen LogP contribution is -2.45. The molecule has 0 unspecified atom stereocenters. The van der Waals surface area contributed by atoms with Crippen LogP contribution in [0.25, 0.3) is 0 Å². The van der Waals surface area contributed by atoms with Gasteiger partial charge in [-0.15, -0.1) is 0 Å². The molecule has 30 heavy (non-hydrogen) atoms. The SMILES string of the molecule is Cc1ccccc1C(=O)N[C@H](C(=O)OCC(=O)c1ccc(C)c([N+](=O)[O-])c1)C(C)C. The fourth-order valence-electron chi connectivity index (χ4n) is 2.83. The molecule has 0 fully saturated rings. The van der Waals surface area contributed by atoms with Crippen molar-refractivity contribution >= 4 is 23.3 Å². The maximum atomic E-state index is 12.5. The topological polar surface area (TPSA) is 116 Å². The lowest BCUT2D eigenvalue weighted by atomic mass is 10.0. The van der Waals surface area contributed by atoms with E-state index in [9.17, 15) is 24.5 Å². The molecule has 0 radical (unpaired) electrons. The summed E-state index contributed by atoms with van der Waals surface area (Å²) in [5.41, 5.74) is 1.52. The van der Waals surface area contributed by atoms with E-state index in [2.05, 4.69) is 5.32 Å². The minimum Gasteiger partial charge on any atom is -0.456 e. The number of nitrogens with zero attached hydrogens (tertiary/aromatic N) is 1. The number of nitro groups is 1. The van der Waals surface area contributed by atoms with E-state index in [0.29, 0.717) is 11.1 Å². The highest BCUT2D eigenvalue weighted by molar-refractivity contribution is 6.00. The molecular formula is C22H24N2O6. The van der Waals surface area contributed by atoms with Gasteiger partial charge in [-0.25, -0.2) is 4.79 Å². The molecule has 158 valence electrons. The zero-order valence-electron chi connectivity index (χ0n) is 17.3. The zero-order chi connectivity index (χ0) is 22.4. The molecule has 0 aliphatic rings. The van der Waals surface area contributed by atoms with Gasteiger partial charge in [-0.1, -0.05) is 44.2 Å². The summed E-state index contributed by atoms with van der Waals surface area (Å²) >= 11 is 0. The normalized spacial score (nSPS) is 11.6. The van der Waals surface area contributed by atoms with Crippen LogP contribution in [0.3, 0.4) is 0 Å². The van der Waals surface area contributed by atoms with E-state index in [1.165, 1.54) is 12.1 Å². The van der Waals surface area contributed by atoms with Crippen molar-refractivity contribution in [1.82, 2.24) is 5.32 Å². The van der Waals surface area contributed by atoms with E-state index in [4.69, 9.17) is 4.74 Å². The van der Waals surface area contributed by atoms with E-state index >= 15 is 0 Å². The van der Waals surface area contributed by atoms with Gasteiger partial charge in [0, 0.05) is 22.8 Å². The number of amides is 1. The minimum atomic E-state index is -0.947. The molecule has 0 spiro atoms. The maximum Gasteiger partial charge on any atom is 0.329 e. The summed E-state index contributed by atoms with van der Waals surface area (Å²) in [6, 6.07) is 10.1. The molecule has 8 heteroatoms. The summed E-state index contributed by atoms with van der Waals surface area (Å²) in [4.78, 5) is 47.8. The average Bonchev–Trinajstić information content (AvgIpc) is 2.70. The minimum absolute atomic E-state index is 0.0742. The molecular weight excluding hydrogens is 388 g/mol. The molecule has 0 heterocycles. The van der Waals surface area contributed by atoms with Crippen molar-refractivity contribution in [2.75, 3.05) is 6.61 Å². The predicted octanol–water partition coefficient (Wildman–Crippen LogP) is 3.39. The van der Waals surface area contributed by atoms with Crippen molar-refractivity contribution in [3.05, 3.63) is 74.8 Å². The van der Waals surface area contributed by atoms with Crippen LogP contribution < -0.4 is 5.32 Å². The van der Waals surface area contributed by atoms with Gasteiger partial charge < -0.3 is 10.1 Å². The number of nitro benzene ring substituents is 1. The third-order valence-corrected chi connectivity index (χ3v) is 4.67. The summed E-state index contributed by atoms with van der Waals surface area (Å²) in [5.74, 6) is -2.01. The van der Waals surface area contributed by atoms with Crippen LogP contribution in [0.1, 0.15) is 45.7 Å². The first kappa shape index (κ1) is 22.7. The second-order valence-electron chi connectivity index (χ2n) is 7.30. The van der Waals surface area contributed by atoms with Crippen molar-refractivity contribution in [3.63, 3.8) is 0 Å². The highest BCUT2D eigenvalue weighted by Gasteiger charge is 2.27. The fourth-order valence-corrected chi connectivity index (χ4v) is 2.83. The quantitative estimate of drug-likeness (QED) is 0.307. The smallest absolute Gasteiger partial charge is 0.329 e. The van der Waals surface area contributed by atoms with Crippen LogP contribution in [0.15, 0.2) is 42.5 Å². The van der Waals surface area contributed by atoms with E-state index in [-0.39, 0.29) is 17.2 Å². The number of Topliss-reactive ketones (excluding diaryl/α,β-unsaturated/α-hetero) is 1. The largest absolute Gasteiger partial charge is 0.456 e. The van der Waals surface area contributed by atoms with E-state index in [1.807, 2.05) is 0 Å². The molecule has 1 atom stereocenters. The Balaban J connectivity index is 2.06. The Hall–Kier alpha value is -3.55. The Kier molecular flexibility index (Phi) is 7.41. The molecule has 0 saturated heterocycles. The molecule has 2 rings (SSSR count). The van der Waals surface area contributed by atoms with Crippen molar-refractivity contribution in [1.29, 1.82) is 0 Å². The summed E-state index contributed by atoms with van der Waals surface area (Å²) in [7, 11) is 0. The van der Waals surface area contributed by atoms with Crippen LogP contribution in [0.2, 0.25) is 0 Å². The van der Waals surface area contributed by atoms with Gasteiger partial charge in [-0.2, -0.15) is 0 Å². The van der Waals surface area contributed by atoms with Gasteiger partial charge in [-0.05, 0) is 31.4 Å². The number of carbonyl (C=O) groups excluding carboxylic acids is 3. The Morgan fingerprint density at radius 1 is 1.07 bits per heavy atom. The molecule has 0 aromatic heterocycles. The summed E-state index contributed by atoms with van der Waals surface area (Å²) < 4.78 is 5.11. The first-order chi connectivity index (χ1) is 14.1. The van der Waals surface area contributed by atoms with Crippen molar-refractivity contribution < 1.29 is 24.0 Å². The molecule has 8 nitrogen and oxygen atoms in total. The number of esters is 1. The Labute approximate surface area is 174 Å². The molecule has 0 aliphatic heterocycles. The number of hydrogen-bond donors (Lipinski definition) is 1. The molecule has 2 aromatic carbocycles. The van der Waals surface area contributed by atoms with Crippen LogP contribution in [0.5, 0.6) is 0 Å². The highest BCUT2D eigenvalue weighted by Crippen LogP contribution is 2.19. The number of benzene rings is 2. The van der Waals surface area contributed by atoms with E-state index < -0.39 is 35.2 Å². The number of carbonyl (C=O) groups is 3. The predicted molar refractivity (Wildman–Crippen MR) is 110 cm³/mol. The first-order valence-corrected chi connectivity index (χ1v) is 9.43. The number of rotatable bonds is 8. The van der Waals surface area contributed by atoms with Gasteiger partial charge in [0.05, 0.1) is 4.92 Å². The standard InChI is InChI=1S/C22H24N2O6/c1-13(2)20(23-21(26)17-8-6-5-7-14(17)3)22(27)30-12-19(25)16-10-9-15(4)18(11-16)24(28)29/h5-11,13,20H,12H2,1-4H3,(H,23,26)/t20-/m0/s1. The molecule has 0 aliphatic carbocycles. The third-order valence-electron chi connectivity index (χ3n) is 4.67. The van der Waals surface area contributed by atoms with Crippen LogP contribution in [-0.4, -0.2) is 35.2 Å². The Morgan fingerprint density at radius 2 is 1.73 bits per heavy atom. The second-order valence-corrected chi connectivity index (χ2v) is 7.30. The van der Waals surface area contributed by atoms with Gasteiger partial charge in [0.15, 0.2) is 6.61 Å². The molecule has 2 aromatic rings. The molecule has 1 N–H and O–H groups in total. The van der Waals surface area contributed by atoms with Crippen molar-refractivity contribution in [2.24, 2.45) is 5.92 Å². The highest BCUT2D eigenvalue weighted by atomic mass is 16.6. The van der Waals surface area contributed by atoms with Gasteiger partial charge in [-0.3, -0.25) is 19.7 Å². The van der Waals surface area contributed by atoms with Crippen molar-refractivity contribution in [2.45, 2.75) is 33.7 Å². The van der Waals surface area contributed by atoms with Gasteiger partial charge in [0.25, 0.3) is 11.6 Å². The number of nitrogens with one attached hydrogen (secondary N) is 1. The monoisotopic (exact) mass is 412 g/mol. The van der Waals surface area contributed by atoms with Gasteiger partial charge in [0.1, 0.15) is 6.04 Å². The van der Waals surface area contributed by atoms with E-state index in [1.54, 1.807) is 52.0 Å². The number of ether oxygens (including phenoxy) is 1. The van der Waals surface area contributed by atoms with Gasteiger partial charge >= 0.3 is 5.97 Å². The van der Waals surface area contributed by atoms with Crippen LogP contribution in [0, 0.1) is 29.9 Å². The zero-order valence-corrected chi connectivity index (χ0v) is 17.3. The summed E-state index contributed by atoms with van der Waals surface area (Å²) in [6.45, 7) is 6.26. The molecule has 0 saturated carbocycles. The molecule has 1 amide bonds.